The van der Waals surface area contributed by atoms with Crippen molar-refractivity contribution in [2.45, 2.75) is 72.1 Å². The first-order valence-electron chi connectivity index (χ1n) is 8.02. The lowest BCUT2D eigenvalue weighted by Gasteiger charge is -2.63. The molecule has 2 unspecified atom stereocenters. The van der Waals surface area contributed by atoms with Crippen molar-refractivity contribution in [1.29, 1.82) is 0 Å². The van der Waals surface area contributed by atoms with Crippen LogP contribution in [-0.2, 0) is 4.79 Å². The standard InChI is InChI=1S/C17H28O2/c1-4-16-6-12-5-13(7-16)9-17(8-12,11-16)10-15(2,3)14(18)19/h12-13H,4-11H2,1-3H3,(H,18,19). The maximum Gasteiger partial charge on any atom is 0.309 e. The van der Waals surface area contributed by atoms with Crippen molar-refractivity contribution in [3.8, 4) is 0 Å². The first kappa shape index (κ1) is 13.5. The van der Waals surface area contributed by atoms with Crippen LogP contribution in [0.5, 0.6) is 0 Å². The molecule has 4 bridgehead atoms. The number of rotatable bonds is 4. The molecule has 0 radical (unpaired) electrons. The lowest BCUT2D eigenvalue weighted by Crippen LogP contribution is -2.53. The molecule has 0 amide bonds. The zero-order valence-corrected chi connectivity index (χ0v) is 12.7. The molecule has 4 fully saturated rings. The summed E-state index contributed by atoms with van der Waals surface area (Å²) >= 11 is 0. The highest BCUT2D eigenvalue weighted by atomic mass is 16.4. The van der Waals surface area contributed by atoms with Crippen LogP contribution in [0.2, 0.25) is 0 Å². The van der Waals surface area contributed by atoms with Gasteiger partial charge in [0, 0.05) is 0 Å². The molecular weight excluding hydrogens is 236 g/mol. The summed E-state index contributed by atoms with van der Waals surface area (Å²) in [6.07, 6.45) is 10.4. The number of aliphatic carboxylic acids is 1. The average Bonchev–Trinajstić information content (AvgIpc) is 2.25. The van der Waals surface area contributed by atoms with Crippen molar-refractivity contribution in [2.24, 2.45) is 28.1 Å². The third-order valence-corrected chi connectivity index (χ3v) is 6.45. The molecule has 4 saturated carbocycles. The molecule has 2 heteroatoms. The van der Waals surface area contributed by atoms with E-state index >= 15 is 0 Å². The summed E-state index contributed by atoms with van der Waals surface area (Å²) in [5.41, 5.74) is 0.362. The molecule has 1 N–H and O–H groups in total. The van der Waals surface area contributed by atoms with E-state index in [9.17, 15) is 9.90 Å². The Labute approximate surface area is 117 Å². The van der Waals surface area contributed by atoms with E-state index in [2.05, 4.69) is 6.92 Å². The fourth-order valence-electron chi connectivity index (χ4n) is 6.28. The number of carboxylic acids is 1. The van der Waals surface area contributed by atoms with E-state index in [1.807, 2.05) is 13.8 Å². The molecular formula is C17H28O2. The van der Waals surface area contributed by atoms with E-state index in [4.69, 9.17) is 0 Å². The minimum absolute atomic E-state index is 0.349. The minimum Gasteiger partial charge on any atom is -0.481 e. The molecule has 0 aromatic carbocycles. The highest BCUT2D eigenvalue weighted by Crippen LogP contribution is 2.68. The predicted octanol–water partition coefficient (Wildman–Crippen LogP) is 4.48. The molecule has 2 nitrogen and oxygen atoms in total. The van der Waals surface area contributed by atoms with Crippen LogP contribution in [0, 0.1) is 28.1 Å². The zero-order valence-electron chi connectivity index (χ0n) is 12.7. The molecule has 0 aliphatic heterocycles. The van der Waals surface area contributed by atoms with E-state index < -0.39 is 11.4 Å². The van der Waals surface area contributed by atoms with Crippen molar-refractivity contribution in [3.63, 3.8) is 0 Å². The molecule has 0 spiro atoms. The summed E-state index contributed by atoms with van der Waals surface area (Å²) in [6, 6.07) is 0. The van der Waals surface area contributed by atoms with Gasteiger partial charge in [0.15, 0.2) is 0 Å². The predicted molar refractivity (Wildman–Crippen MR) is 75.9 cm³/mol. The quantitative estimate of drug-likeness (QED) is 0.812. The Kier molecular flexibility index (Phi) is 2.82. The van der Waals surface area contributed by atoms with Gasteiger partial charge in [0.2, 0.25) is 0 Å². The third kappa shape index (κ3) is 2.11. The molecule has 108 valence electrons. The van der Waals surface area contributed by atoms with Gasteiger partial charge in [-0.05, 0) is 81.5 Å². The minimum atomic E-state index is -0.617. The lowest BCUT2D eigenvalue weighted by atomic mass is 9.42. The Hall–Kier alpha value is -0.530. The van der Waals surface area contributed by atoms with Gasteiger partial charge in [-0.1, -0.05) is 13.3 Å². The van der Waals surface area contributed by atoms with Gasteiger partial charge in [0.05, 0.1) is 5.41 Å². The number of hydrogen-bond acceptors (Lipinski definition) is 1. The lowest BCUT2D eigenvalue weighted by molar-refractivity contribution is -0.158. The zero-order chi connectivity index (χ0) is 13.9. The van der Waals surface area contributed by atoms with E-state index in [0.717, 1.165) is 18.3 Å². The maximum atomic E-state index is 11.5. The van der Waals surface area contributed by atoms with Gasteiger partial charge in [-0.15, -0.1) is 0 Å². The van der Waals surface area contributed by atoms with Crippen LogP contribution in [0.15, 0.2) is 0 Å². The van der Waals surface area contributed by atoms with E-state index in [1.54, 1.807) is 0 Å². The van der Waals surface area contributed by atoms with E-state index in [-0.39, 0.29) is 0 Å². The van der Waals surface area contributed by atoms with Crippen molar-refractivity contribution in [2.75, 3.05) is 0 Å². The van der Waals surface area contributed by atoms with Gasteiger partial charge in [-0.3, -0.25) is 4.79 Å². The molecule has 0 aromatic rings. The van der Waals surface area contributed by atoms with Crippen molar-refractivity contribution in [1.82, 2.24) is 0 Å². The molecule has 0 saturated heterocycles. The fraction of sp³-hybridized carbons (Fsp3) is 0.941. The summed E-state index contributed by atoms with van der Waals surface area (Å²) in [5, 5.41) is 9.46. The molecule has 0 aromatic heterocycles. The summed E-state index contributed by atoms with van der Waals surface area (Å²) in [6.45, 7) is 6.20. The summed E-state index contributed by atoms with van der Waals surface area (Å²) in [5.74, 6) is 1.17. The summed E-state index contributed by atoms with van der Waals surface area (Å²) in [4.78, 5) is 11.5. The highest BCUT2D eigenvalue weighted by Gasteiger charge is 2.58. The summed E-state index contributed by atoms with van der Waals surface area (Å²) < 4.78 is 0. The molecule has 4 rings (SSSR count). The number of carboxylic acid groups (broad SMARTS) is 1. The van der Waals surface area contributed by atoms with E-state index in [1.165, 1.54) is 44.9 Å². The second-order valence-electron chi connectivity index (χ2n) is 8.68. The van der Waals surface area contributed by atoms with Crippen LogP contribution >= 0.6 is 0 Å². The molecule has 0 heterocycles. The molecule has 19 heavy (non-hydrogen) atoms. The Bertz CT molecular complexity index is 382. The van der Waals surface area contributed by atoms with Crippen molar-refractivity contribution >= 4 is 5.97 Å². The van der Waals surface area contributed by atoms with E-state index in [0.29, 0.717) is 10.8 Å². The summed E-state index contributed by atoms with van der Waals surface area (Å²) in [7, 11) is 0. The van der Waals surface area contributed by atoms with Crippen LogP contribution in [0.4, 0.5) is 0 Å². The normalized spacial score (nSPS) is 44.6. The first-order valence-corrected chi connectivity index (χ1v) is 8.02. The highest BCUT2D eigenvalue weighted by molar-refractivity contribution is 5.73. The number of hydrogen-bond donors (Lipinski definition) is 1. The number of carbonyl (C=O) groups is 1. The Morgan fingerprint density at radius 2 is 1.68 bits per heavy atom. The van der Waals surface area contributed by atoms with Gasteiger partial charge < -0.3 is 5.11 Å². The third-order valence-electron chi connectivity index (χ3n) is 6.45. The van der Waals surface area contributed by atoms with Crippen LogP contribution in [0.3, 0.4) is 0 Å². The van der Waals surface area contributed by atoms with Crippen LogP contribution < -0.4 is 0 Å². The Morgan fingerprint density at radius 1 is 1.16 bits per heavy atom. The molecule has 4 aliphatic rings. The van der Waals surface area contributed by atoms with Gasteiger partial charge in [0.1, 0.15) is 0 Å². The largest absolute Gasteiger partial charge is 0.481 e. The van der Waals surface area contributed by atoms with Crippen LogP contribution in [-0.4, -0.2) is 11.1 Å². The topological polar surface area (TPSA) is 37.3 Å². The Morgan fingerprint density at radius 3 is 2.16 bits per heavy atom. The Balaban J connectivity index is 1.86. The van der Waals surface area contributed by atoms with Gasteiger partial charge in [-0.2, -0.15) is 0 Å². The van der Waals surface area contributed by atoms with Gasteiger partial charge in [-0.25, -0.2) is 0 Å². The smallest absolute Gasteiger partial charge is 0.309 e. The van der Waals surface area contributed by atoms with Crippen LogP contribution in [0.1, 0.15) is 72.1 Å². The average molecular weight is 264 g/mol. The molecule has 2 atom stereocenters. The molecule has 4 aliphatic carbocycles. The van der Waals surface area contributed by atoms with Crippen molar-refractivity contribution in [3.05, 3.63) is 0 Å². The SMILES string of the molecule is CCC12CC3CC(C1)CC(CC(C)(C)C(=O)O)(C3)C2. The van der Waals surface area contributed by atoms with Crippen LogP contribution in [0.25, 0.3) is 0 Å². The van der Waals surface area contributed by atoms with Gasteiger partial charge >= 0.3 is 5.97 Å². The second kappa shape index (κ2) is 3.99. The fourth-order valence-corrected chi connectivity index (χ4v) is 6.28. The first-order chi connectivity index (χ1) is 8.78. The maximum absolute atomic E-state index is 11.5. The second-order valence-corrected chi connectivity index (χ2v) is 8.68. The monoisotopic (exact) mass is 264 g/mol. The van der Waals surface area contributed by atoms with Gasteiger partial charge in [0.25, 0.3) is 0 Å². The van der Waals surface area contributed by atoms with Crippen molar-refractivity contribution < 1.29 is 9.90 Å².